The molecule has 1 aliphatic rings. The number of hydrogen-bond donors (Lipinski definition) is 1. The van der Waals surface area contributed by atoms with Crippen LogP contribution in [0, 0.1) is 6.92 Å². The van der Waals surface area contributed by atoms with E-state index in [4.69, 9.17) is 5.73 Å². The first kappa shape index (κ1) is 12.9. The highest BCUT2D eigenvalue weighted by atomic mass is 15.2. The number of pyridine rings is 1. The highest BCUT2D eigenvalue weighted by Crippen LogP contribution is 2.09. The zero-order valence-electron chi connectivity index (χ0n) is 11.1. The fraction of sp³-hybridized carbons (Fsp3) is 0.571. The third kappa shape index (κ3) is 3.72. The molecule has 0 aromatic carbocycles. The number of nitrogens with two attached hydrogens (primary N) is 1. The molecule has 0 spiro atoms. The summed E-state index contributed by atoms with van der Waals surface area (Å²) in [5.74, 6) is 0.679. The van der Waals surface area contributed by atoms with Crippen molar-refractivity contribution in [2.45, 2.75) is 39.2 Å². The van der Waals surface area contributed by atoms with Crippen LogP contribution in [0.25, 0.3) is 0 Å². The van der Waals surface area contributed by atoms with E-state index >= 15 is 0 Å². The third-order valence-electron chi connectivity index (χ3n) is 3.29. The lowest BCUT2D eigenvalue weighted by Crippen LogP contribution is -2.38. The van der Waals surface area contributed by atoms with Gasteiger partial charge in [-0.3, -0.25) is 4.98 Å². The van der Waals surface area contributed by atoms with Crippen LogP contribution in [-0.2, 0) is 6.54 Å². The first-order valence-electron chi connectivity index (χ1n) is 6.71. The van der Waals surface area contributed by atoms with Crippen LogP contribution in [-0.4, -0.2) is 28.9 Å². The first-order valence-corrected chi connectivity index (χ1v) is 6.71. The van der Waals surface area contributed by atoms with E-state index in [1.54, 1.807) is 0 Å². The van der Waals surface area contributed by atoms with Crippen molar-refractivity contribution in [1.82, 2.24) is 9.88 Å². The summed E-state index contributed by atoms with van der Waals surface area (Å²) in [5, 5.41) is 0. The molecule has 1 saturated heterocycles. The predicted octanol–water partition coefficient (Wildman–Crippen LogP) is 2.08. The SMILES string of the molecule is Cc1cncc(CN=C(N)N2CCCCCC2)c1. The van der Waals surface area contributed by atoms with Gasteiger partial charge in [-0.25, -0.2) is 4.99 Å². The van der Waals surface area contributed by atoms with Gasteiger partial charge in [0.05, 0.1) is 6.54 Å². The molecule has 0 bridgehead atoms. The maximum absolute atomic E-state index is 6.06. The Morgan fingerprint density at radius 2 is 2.00 bits per heavy atom. The van der Waals surface area contributed by atoms with E-state index in [-0.39, 0.29) is 0 Å². The number of aliphatic imine (C=N–C) groups is 1. The number of aryl methyl sites for hydroxylation is 1. The van der Waals surface area contributed by atoms with Crippen molar-refractivity contribution in [3.05, 3.63) is 29.6 Å². The van der Waals surface area contributed by atoms with Gasteiger partial charge < -0.3 is 10.6 Å². The molecule has 0 radical (unpaired) electrons. The molecule has 2 heterocycles. The van der Waals surface area contributed by atoms with Gasteiger partial charge in [0.25, 0.3) is 0 Å². The summed E-state index contributed by atoms with van der Waals surface area (Å²) in [4.78, 5) is 10.9. The van der Waals surface area contributed by atoms with Gasteiger partial charge in [0.2, 0.25) is 0 Å². The Morgan fingerprint density at radius 3 is 2.67 bits per heavy atom. The molecule has 0 aliphatic carbocycles. The van der Waals surface area contributed by atoms with Gasteiger partial charge >= 0.3 is 0 Å². The Bertz CT molecular complexity index is 406. The van der Waals surface area contributed by atoms with Crippen LogP contribution < -0.4 is 5.73 Å². The molecule has 2 N–H and O–H groups in total. The normalized spacial score (nSPS) is 17.6. The molecule has 18 heavy (non-hydrogen) atoms. The average molecular weight is 246 g/mol. The fourth-order valence-corrected chi connectivity index (χ4v) is 2.28. The Morgan fingerprint density at radius 1 is 1.28 bits per heavy atom. The summed E-state index contributed by atoms with van der Waals surface area (Å²) in [6.07, 6.45) is 8.78. The second-order valence-electron chi connectivity index (χ2n) is 4.95. The van der Waals surface area contributed by atoms with Gasteiger partial charge in [0.15, 0.2) is 5.96 Å². The zero-order chi connectivity index (χ0) is 12.8. The number of rotatable bonds is 2. The maximum atomic E-state index is 6.06. The summed E-state index contributed by atoms with van der Waals surface area (Å²) in [6.45, 7) is 4.75. The van der Waals surface area contributed by atoms with Crippen molar-refractivity contribution < 1.29 is 0 Å². The van der Waals surface area contributed by atoms with Crippen LogP contribution in [0.15, 0.2) is 23.5 Å². The van der Waals surface area contributed by atoms with Crippen molar-refractivity contribution in [2.75, 3.05) is 13.1 Å². The lowest BCUT2D eigenvalue weighted by atomic mass is 10.2. The first-order chi connectivity index (χ1) is 8.75. The number of likely N-dealkylation sites (tertiary alicyclic amines) is 1. The molecule has 4 heteroatoms. The Hall–Kier alpha value is -1.58. The molecule has 0 saturated carbocycles. The van der Waals surface area contributed by atoms with Crippen LogP contribution in [0.1, 0.15) is 36.8 Å². The minimum absolute atomic E-state index is 0.622. The minimum atomic E-state index is 0.622. The molecule has 0 unspecified atom stereocenters. The van der Waals surface area contributed by atoms with E-state index < -0.39 is 0 Å². The van der Waals surface area contributed by atoms with Crippen molar-refractivity contribution in [3.63, 3.8) is 0 Å². The van der Waals surface area contributed by atoms with Crippen molar-refractivity contribution >= 4 is 5.96 Å². The van der Waals surface area contributed by atoms with Crippen molar-refractivity contribution in [3.8, 4) is 0 Å². The average Bonchev–Trinajstić information content (AvgIpc) is 2.65. The van der Waals surface area contributed by atoms with E-state index in [1.807, 2.05) is 19.3 Å². The molecule has 0 amide bonds. The third-order valence-corrected chi connectivity index (χ3v) is 3.29. The van der Waals surface area contributed by atoms with E-state index in [0.29, 0.717) is 12.5 Å². The lowest BCUT2D eigenvalue weighted by Gasteiger charge is -2.21. The highest BCUT2D eigenvalue weighted by molar-refractivity contribution is 5.78. The number of hydrogen-bond acceptors (Lipinski definition) is 2. The molecule has 2 rings (SSSR count). The summed E-state index contributed by atoms with van der Waals surface area (Å²) < 4.78 is 0. The quantitative estimate of drug-likeness (QED) is 0.642. The van der Waals surface area contributed by atoms with Gasteiger partial charge in [-0.1, -0.05) is 18.9 Å². The van der Waals surface area contributed by atoms with E-state index in [2.05, 4.69) is 20.9 Å². The van der Waals surface area contributed by atoms with E-state index in [1.165, 1.54) is 25.7 Å². The number of nitrogens with zero attached hydrogens (tertiary/aromatic N) is 3. The van der Waals surface area contributed by atoms with Gasteiger partial charge in [-0.15, -0.1) is 0 Å². The monoisotopic (exact) mass is 246 g/mol. The Balaban J connectivity index is 1.95. The second kappa shape index (κ2) is 6.38. The Labute approximate surface area is 109 Å². The van der Waals surface area contributed by atoms with Crippen molar-refractivity contribution in [2.24, 2.45) is 10.7 Å². The summed E-state index contributed by atoms with van der Waals surface area (Å²) in [5.41, 5.74) is 8.34. The molecule has 98 valence electrons. The molecule has 1 aromatic rings. The number of guanidine groups is 1. The standard InChI is InChI=1S/C14H22N4/c1-12-8-13(10-16-9-12)11-17-14(15)18-6-4-2-3-5-7-18/h8-10H,2-7,11H2,1H3,(H2,15,17). The largest absolute Gasteiger partial charge is 0.370 e. The van der Waals surface area contributed by atoms with Crippen LogP contribution in [0.5, 0.6) is 0 Å². The lowest BCUT2D eigenvalue weighted by molar-refractivity contribution is 0.428. The van der Waals surface area contributed by atoms with E-state index in [9.17, 15) is 0 Å². The molecule has 1 aliphatic heterocycles. The van der Waals surface area contributed by atoms with E-state index in [0.717, 1.165) is 24.2 Å². The molecule has 1 aromatic heterocycles. The second-order valence-corrected chi connectivity index (χ2v) is 4.95. The van der Waals surface area contributed by atoms with Crippen molar-refractivity contribution in [1.29, 1.82) is 0 Å². The van der Waals surface area contributed by atoms with Gasteiger partial charge in [0, 0.05) is 25.5 Å². The van der Waals surface area contributed by atoms with Gasteiger partial charge in [-0.2, -0.15) is 0 Å². The smallest absolute Gasteiger partial charge is 0.191 e. The van der Waals surface area contributed by atoms with Gasteiger partial charge in [-0.05, 0) is 30.9 Å². The van der Waals surface area contributed by atoms with Crippen LogP contribution in [0.2, 0.25) is 0 Å². The molecule has 0 atom stereocenters. The summed E-state index contributed by atoms with van der Waals surface area (Å²) in [7, 11) is 0. The Kier molecular flexibility index (Phi) is 4.56. The van der Waals surface area contributed by atoms with Crippen LogP contribution in [0.4, 0.5) is 0 Å². The topological polar surface area (TPSA) is 54.5 Å². The molecule has 4 nitrogen and oxygen atoms in total. The van der Waals surface area contributed by atoms with Crippen LogP contribution >= 0.6 is 0 Å². The molecule has 1 fully saturated rings. The molecular formula is C14H22N4. The fourth-order valence-electron chi connectivity index (χ4n) is 2.28. The maximum Gasteiger partial charge on any atom is 0.191 e. The van der Waals surface area contributed by atoms with Crippen LogP contribution in [0.3, 0.4) is 0 Å². The zero-order valence-corrected chi connectivity index (χ0v) is 11.1. The molecular weight excluding hydrogens is 224 g/mol. The highest BCUT2D eigenvalue weighted by Gasteiger charge is 2.10. The predicted molar refractivity (Wildman–Crippen MR) is 74.3 cm³/mol. The summed E-state index contributed by atoms with van der Waals surface area (Å²) in [6, 6.07) is 2.10. The number of aromatic nitrogens is 1. The van der Waals surface area contributed by atoms with Gasteiger partial charge in [0.1, 0.15) is 0 Å². The summed E-state index contributed by atoms with van der Waals surface area (Å²) >= 11 is 0. The minimum Gasteiger partial charge on any atom is -0.370 e.